The number of aromatic nitrogens is 1. The average Bonchev–Trinajstić information content (AvgIpc) is 2.47. The quantitative estimate of drug-likeness (QED) is 0.787. The van der Waals surface area contributed by atoms with E-state index in [1.54, 1.807) is 24.4 Å². The Hall–Kier alpha value is -2.01. The molecule has 0 aliphatic rings. The Balaban J connectivity index is 1.77. The predicted octanol–water partition coefficient (Wildman–Crippen LogP) is 4.14. The van der Waals surface area contributed by atoms with E-state index in [0.717, 1.165) is 15.9 Å². The summed E-state index contributed by atoms with van der Waals surface area (Å²) in [5.41, 5.74) is 2.26. The van der Waals surface area contributed by atoms with Crippen molar-refractivity contribution in [1.82, 2.24) is 4.98 Å². The number of Topliss-reactive ketones (excluding diaryl/α,β-unsaturated/α-hetero) is 1. The van der Waals surface area contributed by atoms with E-state index < -0.39 is 0 Å². The van der Waals surface area contributed by atoms with Crippen molar-refractivity contribution in [2.24, 2.45) is 0 Å². The van der Waals surface area contributed by atoms with Crippen LogP contribution in [0.25, 0.3) is 0 Å². The molecular weight excluding hydrogens is 344 g/mol. The van der Waals surface area contributed by atoms with E-state index in [1.807, 2.05) is 25.1 Å². The van der Waals surface area contributed by atoms with Crippen molar-refractivity contribution in [3.8, 4) is 0 Å². The van der Waals surface area contributed by atoms with Crippen LogP contribution >= 0.6 is 15.9 Å². The van der Waals surface area contributed by atoms with E-state index in [4.69, 9.17) is 0 Å². The summed E-state index contributed by atoms with van der Waals surface area (Å²) in [7, 11) is 0. The van der Waals surface area contributed by atoms with Crippen molar-refractivity contribution in [1.29, 1.82) is 0 Å². The Morgan fingerprint density at radius 2 is 1.86 bits per heavy atom. The second-order valence-corrected chi connectivity index (χ2v) is 5.93. The smallest absolute Gasteiger partial charge is 0.224 e. The number of halogens is 1. The fraction of sp³-hybridized carbons (Fsp3) is 0.235. The largest absolute Gasteiger partial charge is 0.326 e. The van der Waals surface area contributed by atoms with Gasteiger partial charge in [-0.05, 0) is 37.6 Å². The monoisotopic (exact) mass is 360 g/mol. The molecule has 1 N–H and O–H groups in total. The first kappa shape index (κ1) is 16.4. The maximum Gasteiger partial charge on any atom is 0.224 e. The molecule has 0 saturated carbocycles. The zero-order valence-electron chi connectivity index (χ0n) is 12.3. The fourth-order valence-electron chi connectivity index (χ4n) is 2.04. The Bertz CT molecular complexity index is 669. The lowest BCUT2D eigenvalue weighted by molar-refractivity contribution is -0.116. The van der Waals surface area contributed by atoms with Crippen molar-refractivity contribution in [3.63, 3.8) is 0 Å². The molecule has 1 aromatic heterocycles. The van der Waals surface area contributed by atoms with E-state index in [0.29, 0.717) is 24.8 Å². The van der Waals surface area contributed by atoms with Crippen molar-refractivity contribution in [3.05, 3.63) is 58.3 Å². The van der Waals surface area contributed by atoms with Gasteiger partial charge in [0.15, 0.2) is 5.78 Å². The number of nitrogens with one attached hydrogen (secondary N) is 1. The second kappa shape index (κ2) is 7.84. The van der Waals surface area contributed by atoms with E-state index >= 15 is 0 Å². The number of carbonyl (C=O) groups is 2. The van der Waals surface area contributed by atoms with Crippen LogP contribution in [0.4, 0.5) is 5.69 Å². The molecule has 0 bridgehead atoms. The summed E-state index contributed by atoms with van der Waals surface area (Å²) >= 11 is 3.33. The van der Waals surface area contributed by atoms with Gasteiger partial charge < -0.3 is 5.32 Å². The summed E-state index contributed by atoms with van der Waals surface area (Å²) in [6, 6.07) is 10.8. The summed E-state index contributed by atoms with van der Waals surface area (Å²) in [6.07, 6.45) is 2.88. The molecule has 2 rings (SSSR count). The van der Waals surface area contributed by atoms with Crippen molar-refractivity contribution >= 4 is 33.3 Å². The van der Waals surface area contributed by atoms with E-state index in [-0.39, 0.29) is 11.7 Å². The molecule has 114 valence electrons. The molecule has 1 heterocycles. The Morgan fingerprint density at radius 1 is 1.14 bits per heavy atom. The maximum absolute atomic E-state index is 12.0. The molecule has 2 aromatic rings. The van der Waals surface area contributed by atoms with Gasteiger partial charge in [-0.3, -0.25) is 14.6 Å². The zero-order chi connectivity index (χ0) is 15.9. The van der Waals surface area contributed by atoms with Gasteiger partial charge in [0.1, 0.15) is 0 Å². The van der Waals surface area contributed by atoms with Crippen LogP contribution in [0.1, 0.15) is 35.3 Å². The van der Waals surface area contributed by atoms with Gasteiger partial charge in [-0.15, -0.1) is 0 Å². The van der Waals surface area contributed by atoms with Crippen LogP contribution in [-0.2, 0) is 4.79 Å². The summed E-state index contributed by atoms with van der Waals surface area (Å²) in [5.74, 6) is -0.0331. The highest BCUT2D eigenvalue weighted by atomic mass is 79.9. The van der Waals surface area contributed by atoms with Gasteiger partial charge in [0.2, 0.25) is 5.91 Å². The SMILES string of the molecule is Cc1cc(NC(=O)CCCC(=O)c2ccc(Br)cc2)ccn1. The molecule has 0 aliphatic carbocycles. The summed E-state index contributed by atoms with van der Waals surface area (Å²) in [6.45, 7) is 1.87. The molecule has 0 saturated heterocycles. The molecule has 1 amide bonds. The van der Waals surface area contributed by atoms with Crippen LogP contribution in [0.3, 0.4) is 0 Å². The second-order valence-electron chi connectivity index (χ2n) is 5.02. The van der Waals surface area contributed by atoms with Gasteiger partial charge in [-0.2, -0.15) is 0 Å². The van der Waals surface area contributed by atoms with Gasteiger partial charge in [0.25, 0.3) is 0 Å². The highest BCUT2D eigenvalue weighted by Gasteiger charge is 2.08. The number of anilines is 1. The molecule has 1 aromatic carbocycles. The molecular formula is C17H17BrN2O2. The van der Waals surface area contributed by atoms with Crippen LogP contribution in [0.2, 0.25) is 0 Å². The number of amides is 1. The molecule has 0 spiro atoms. The number of carbonyl (C=O) groups excluding carboxylic acids is 2. The topological polar surface area (TPSA) is 59.1 Å². The third-order valence-electron chi connectivity index (χ3n) is 3.15. The van der Waals surface area contributed by atoms with E-state index in [2.05, 4.69) is 26.2 Å². The lowest BCUT2D eigenvalue weighted by Crippen LogP contribution is -2.12. The summed E-state index contributed by atoms with van der Waals surface area (Å²) < 4.78 is 0.941. The number of pyridine rings is 1. The first-order valence-corrected chi connectivity index (χ1v) is 7.85. The first-order valence-electron chi connectivity index (χ1n) is 7.06. The molecule has 0 radical (unpaired) electrons. The third-order valence-corrected chi connectivity index (χ3v) is 3.68. The number of hydrogen-bond donors (Lipinski definition) is 1. The lowest BCUT2D eigenvalue weighted by Gasteiger charge is -2.05. The first-order chi connectivity index (χ1) is 10.5. The lowest BCUT2D eigenvalue weighted by atomic mass is 10.1. The number of nitrogens with zero attached hydrogens (tertiary/aromatic N) is 1. The van der Waals surface area contributed by atoms with Crippen LogP contribution < -0.4 is 5.32 Å². The summed E-state index contributed by atoms with van der Waals surface area (Å²) in [4.78, 5) is 27.9. The zero-order valence-corrected chi connectivity index (χ0v) is 13.9. The van der Waals surface area contributed by atoms with Gasteiger partial charge in [0.05, 0.1) is 0 Å². The highest BCUT2D eigenvalue weighted by molar-refractivity contribution is 9.10. The minimum Gasteiger partial charge on any atom is -0.326 e. The number of benzene rings is 1. The van der Waals surface area contributed by atoms with Crippen LogP contribution in [0.5, 0.6) is 0 Å². The van der Waals surface area contributed by atoms with E-state index in [9.17, 15) is 9.59 Å². The van der Waals surface area contributed by atoms with Crippen LogP contribution in [0, 0.1) is 6.92 Å². The molecule has 22 heavy (non-hydrogen) atoms. The fourth-order valence-corrected chi connectivity index (χ4v) is 2.30. The Morgan fingerprint density at radius 3 is 2.55 bits per heavy atom. The molecule has 0 aliphatic heterocycles. The third kappa shape index (κ3) is 5.07. The number of ketones is 1. The summed E-state index contributed by atoms with van der Waals surface area (Å²) in [5, 5.41) is 2.81. The molecule has 0 unspecified atom stereocenters. The van der Waals surface area contributed by atoms with Gasteiger partial charge >= 0.3 is 0 Å². The Kier molecular flexibility index (Phi) is 5.83. The van der Waals surface area contributed by atoms with Gasteiger partial charge in [-0.1, -0.05) is 28.1 Å². The number of rotatable bonds is 6. The molecule has 5 heteroatoms. The van der Waals surface area contributed by atoms with Crippen molar-refractivity contribution in [2.45, 2.75) is 26.2 Å². The van der Waals surface area contributed by atoms with Crippen LogP contribution in [0.15, 0.2) is 47.1 Å². The van der Waals surface area contributed by atoms with Crippen LogP contribution in [-0.4, -0.2) is 16.7 Å². The maximum atomic E-state index is 12.0. The minimum absolute atomic E-state index is 0.0556. The molecule has 4 nitrogen and oxygen atoms in total. The molecule has 0 fully saturated rings. The van der Waals surface area contributed by atoms with Crippen molar-refractivity contribution in [2.75, 3.05) is 5.32 Å². The number of hydrogen-bond acceptors (Lipinski definition) is 3. The van der Waals surface area contributed by atoms with Gasteiger partial charge in [-0.25, -0.2) is 0 Å². The average molecular weight is 361 g/mol. The molecule has 0 atom stereocenters. The highest BCUT2D eigenvalue weighted by Crippen LogP contribution is 2.13. The van der Waals surface area contributed by atoms with Crippen molar-refractivity contribution < 1.29 is 9.59 Å². The normalized spacial score (nSPS) is 10.3. The predicted molar refractivity (Wildman–Crippen MR) is 89.9 cm³/mol. The Labute approximate surface area is 138 Å². The minimum atomic E-state index is -0.0887. The van der Waals surface area contributed by atoms with E-state index in [1.165, 1.54) is 0 Å². The number of aryl methyl sites for hydroxylation is 1. The van der Waals surface area contributed by atoms with Gasteiger partial charge in [0, 0.05) is 40.5 Å². The standard InChI is InChI=1S/C17H17BrN2O2/c1-12-11-15(9-10-19-12)20-17(22)4-2-3-16(21)13-5-7-14(18)8-6-13/h5-11H,2-4H2,1H3,(H,19,20,22).